The topological polar surface area (TPSA) is 24.7 Å². The van der Waals surface area contributed by atoms with E-state index in [1.54, 1.807) is 6.21 Å². The van der Waals surface area contributed by atoms with E-state index in [4.69, 9.17) is 0 Å². The van der Waals surface area contributed by atoms with Gasteiger partial charge in [-0.15, -0.1) is 0 Å². The second-order valence-electron chi connectivity index (χ2n) is 1.38. The van der Waals surface area contributed by atoms with Gasteiger partial charge in [0, 0.05) is 6.72 Å². The fraction of sp³-hybridized carbons (Fsp3) is 0.333. The molecule has 0 amide bonds. The largest absolute Gasteiger partial charge is 0.167 e. The zero-order valence-corrected chi connectivity index (χ0v) is 6.76. The minimum atomic E-state index is 0.783. The van der Waals surface area contributed by atoms with Crippen molar-refractivity contribution in [2.24, 2.45) is 10.2 Å². The van der Waals surface area contributed by atoms with Crippen LogP contribution in [0.15, 0.2) is 21.6 Å². The van der Waals surface area contributed by atoms with Gasteiger partial charge < -0.3 is 0 Å². The summed E-state index contributed by atoms with van der Waals surface area (Å²) in [5.41, 5.74) is 0. The van der Waals surface area contributed by atoms with Crippen LogP contribution in [0.5, 0.6) is 0 Å². The number of nitrogens with zero attached hydrogens (tertiary/aromatic N) is 2. The molecular formula is C6H11N2P. The molecule has 0 spiro atoms. The van der Waals surface area contributed by atoms with Crippen LogP contribution in [-0.4, -0.2) is 19.6 Å². The fourth-order valence-corrected chi connectivity index (χ4v) is 0.862. The van der Waals surface area contributed by atoms with Crippen molar-refractivity contribution in [3.8, 4) is 0 Å². The van der Waals surface area contributed by atoms with E-state index in [-0.39, 0.29) is 0 Å². The van der Waals surface area contributed by atoms with E-state index in [2.05, 4.69) is 23.6 Å². The summed E-state index contributed by atoms with van der Waals surface area (Å²) in [5.74, 6) is 0. The molecule has 0 aliphatic rings. The monoisotopic (exact) mass is 142 g/mol. The molecule has 0 heterocycles. The number of hydrogen-bond acceptors (Lipinski definition) is 2. The van der Waals surface area contributed by atoms with Crippen molar-refractivity contribution in [3.05, 3.63) is 11.4 Å². The second-order valence-corrected chi connectivity index (χ2v) is 2.46. The van der Waals surface area contributed by atoms with Gasteiger partial charge >= 0.3 is 0 Å². The summed E-state index contributed by atoms with van der Waals surface area (Å²) in [6, 6.07) is 0. The highest BCUT2D eigenvalue weighted by atomic mass is 31.1. The predicted octanol–water partition coefficient (Wildman–Crippen LogP) is 1.88. The van der Waals surface area contributed by atoms with Gasteiger partial charge in [-0.25, -0.2) is 0 Å². The Hall–Kier alpha value is -0.490. The van der Waals surface area contributed by atoms with E-state index in [1.165, 1.54) is 5.31 Å². The van der Waals surface area contributed by atoms with E-state index in [0.29, 0.717) is 0 Å². The van der Waals surface area contributed by atoms with Gasteiger partial charge in [0.2, 0.25) is 0 Å². The van der Waals surface area contributed by atoms with Gasteiger partial charge in [0.1, 0.15) is 0 Å². The average Bonchev–Trinajstić information content (AvgIpc) is 1.91. The molecule has 0 aliphatic heterocycles. The summed E-state index contributed by atoms with van der Waals surface area (Å²) in [7, 11) is 0.783. The summed E-state index contributed by atoms with van der Waals surface area (Å²) in [5, 5.41) is 8.21. The first-order chi connectivity index (χ1) is 4.35. The Labute approximate surface area is 57.5 Å². The first-order valence-electron chi connectivity index (χ1n) is 2.68. The molecule has 9 heavy (non-hydrogen) atoms. The first kappa shape index (κ1) is 8.51. The van der Waals surface area contributed by atoms with Crippen LogP contribution in [0, 0.1) is 0 Å². The lowest BCUT2D eigenvalue weighted by molar-refractivity contribution is 1.28. The van der Waals surface area contributed by atoms with Crippen molar-refractivity contribution in [3.63, 3.8) is 0 Å². The van der Waals surface area contributed by atoms with Crippen LogP contribution in [0.2, 0.25) is 0 Å². The second kappa shape index (κ2) is 5.64. The highest BCUT2D eigenvalue weighted by molar-refractivity contribution is 7.43. The molecule has 0 saturated heterocycles. The molecular weight excluding hydrogens is 131 g/mol. The van der Waals surface area contributed by atoms with Crippen LogP contribution >= 0.6 is 8.58 Å². The van der Waals surface area contributed by atoms with Gasteiger partial charge in [0.05, 0.1) is 6.21 Å². The molecule has 0 N–H and O–H groups in total. The van der Waals surface area contributed by atoms with E-state index in [1.807, 2.05) is 13.0 Å². The van der Waals surface area contributed by atoms with E-state index >= 15 is 0 Å². The molecule has 3 heteroatoms. The van der Waals surface area contributed by atoms with Gasteiger partial charge in [-0.3, -0.25) is 0 Å². The summed E-state index contributed by atoms with van der Waals surface area (Å²) in [6.07, 6.45) is 3.75. The molecule has 0 fully saturated rings. The number of rotatable bonds is 3. The molecule has 0 aromatic carbocycles. The Morgan fingerprint density at radius 3 is 2.67 bits per heavy atom. The molecule has 0 aromatic heterocycles. The minimum Gasteiger partial charge on any atom is -0.167 e. The molecule has 0 bridgehead atoms. The van der Waals surface area contributed by atoms with Crippen molar-refractivity contribution in [1.82, 2.24) is 0 Å². The van der Waals surface area contributed by atoms with Crippen LogP contribution < -0.4 is 0 Å². The lowest BCUT2D eigenvalue weighted by atomic mass is 10.6. The van der Waals surface area contributed by atoms with Gasteiger partial charge in [0.15, 0.2) is 0 Å². The summed E-state index contributed by atoms with van der Waals surface area (Å²) in [6.45, 7) is 7.32. The molecule has 0 rings (SSSR count). The fourth-order valence-electron chi connectivity index (χ4n) is 0.386. The Morgan fingerprint density at radius 2 is 2.33 bits per heavy atom. The first-order valence-corrected chi connectivity index (χ1v) is 4.18. The Balaban J connectivity index is 3.84. The Bertz CT molecular complexity index is 138. The van der Waals surface area contributed by atoms with Crippen molar-refractivity contribution in [1.29, 1.82) is 0 Å². The number of hydrogen-bond donors (Lipinski definition) is 0. The Morgan fingerprint density at radius 1 is 1.67 bits per heavy atom. The van der Waals surface area contributed by atoms with Crippen LogP contribution in [-0.2, 0) is 0 Å². The van der Waals surface area contributed by atoms with Crippen molar-refractivity contribution in [2.75, 3.05) is 6.66 Å². The molecule has 2 nitrogen and oxygen atoms in total. The predicted molar refractivity (Wildman–Crippen MR) is 46.0 cm³/mol. The normalized spacial score (nSPS) is 13.8. The quantitative estimate of drug-likeness (QED) is 0.326. The average molecular weight is 142 g/mol. The highest BCUT2D eigenvalue weighted by Crippen LogP contribution is 2.15. The van der Waals surface area contributed by atoms with Gasteiger partial charge in [-0.2, -0.15) is 10.2 Å². The molecule has 50 valence electrons. The van der Waals surface area contributed by atoms with Gasteiger partial charge in [-0.05, 0) is 18.9 Å². The van der Waals surface area contributed by atoms with Crippen molar-refractivity contribution < 1.29 is 0 Å². The van der Waals surface area contributed by atoms with Crippen LogP contribution in [0.3, 0.4) is 0 Å². The third-order valence-corrected chi connectivity index (χ3v) is 1.87. The third-order valence-electron chi connectivity index (χ3n) is 0.878. The van der Waals surface area contributed by atoms with Crippen molar-refractivity contribution in [2.45, 2.75) is 6.92 Å². The zero-order valence-electron chi connectivity index (χ0n) is 5.76. The maximum atomic E-state index is 3.64. The molecule has 0 saturated carbocycles. The summed E-state index contributed by atoms with van der Waals surface area (Å²) in [4.78, 5) is 0. The van der Waals surface area contributed by atoms with Gasteiger partial charge in [-0.1, -0.05) is 14.7 Å². The third kappa shape index (κ3) is 4.04. The van der Waals surface area contributed by atoms with Crippen LogP contribution in [0.4, 0.5) is 0 Å². The summed E-state index contributed by atoms with van der Waals surface area (Å²) >= 11 is 0. The SMILES string of the molecule is C=N/N=C\C(=C/C)PC. The molecule has 0 aromatic rings. The minimum absolute atomic E-state index is 0.783. The smallest absolute Gasteiger partial charge is 0.0566 e. The maximum Gasteiger partial charge on any atom is 0.0566 e. The molecule has 1 atom stereocenters. The van der Waals surface area contributed by atoms with E-state index in [0.717, 1.165) is 8.58 Å². The van der Waals surface area contributed by atoms with E-state index < -0.39 is 0 Å². The lowest BCUT2D eigenvalue weighted by Gasteiger charge is -1.89. The van der Waals surface area contributed by atoms with Crippen LogP contribution in [0.1, 0.15) is 6.92 Å². The zero-order chi connectivity index (χ0) is 7.11. The van der Waals surface area contributed by atoms with Crippen molar-refractivity contribution >= 4 is 21.5 Å². The summed E-state index contributed by atoms with van der Waals surface area (Å²) < 4.78 is 0. The lowest BCUT2D eigenvalue weighted by Crippen LogP contribution is -1.71. The van der Waals surface area contributed by atoms with Crippen LogP contribution in [0.25, 0.3) is 0 Å². The maximum absolute atomic E-state index is 3.64. The molecule has 0 aliphatic carbocycles. The van der Waals surface area contributed by atoms with Gasteiger partial charge in [0.25, 0.3) is 0 Å². The van der Waals surface area contributed by atoms with E-state index in [9.17, 15) is 0 Å². The molecule has 1 unspecified atom stereocenters. The number of allylic oxidation sites excluding steroid dienone is 2. The molecule has 0 radical (unpaired) electrons. The standard InChI is InChI=1S/C6H11N2P/c1-4-6(9-3)5-8-7-2/h4-5,9H,2H2,1,3H3/b6-4+,8-5-. The Kier molecular flexibility index (Phi) is 5.34. The highest BCUT2D eigenvalue weighted by Gasteiger charge is 1.81.